The second-order valence-corrected chi connectivity index (χ2v) is 5.93. The Hall–Kier alpha value is -1.92. The lowest BCUT2D eigenvalue weighted by Gasteiger charge is -2.28. The highest BCUT2D eigenvalue weighted by atomic mass is 35.5. The normalized spacial score (nSPS) is 16.0. The minimum atomic E-state index is -0.301. The van der Waals surface area contributed by atoms with Gasteiger partial charge in [0.15, 0.2) is 0 Å². The van der Waals surface area contributed by atoms with Crippen molar-refractivity contribution in [2.45, 2.75) is 37.8 Å². The first-order valence-corrected chi connectivity index (χ1v) is 7.59. The second kappa shape index (κ2) is 7.10. The van der Waals surface area contributed by atoms with Gasteiger partial charge in [-0.25, -0.2) is 4.98 Å². The van der Waals surface area contributed by atoms with Crippen LogP contribution in [0.5, 0.6) is 0 Å². The molecule has 124 valence electrons. The van der Waals surface area contributed by atoms with Crippen LogP contribution in [0.4, 0.5) is 0 Å². The van der Waals surface area contributed by atoms with Gasteiger partial charge in [0, 0.05) is 6.54 Å². The topological polar surface area (TPSA) is 90.0 Å². The number of carbonyl (C=O) groups is 1. The molecule has 1 fully saturated rings. The van der Waals surface area contributed by atoms with Gasteiger partial charge in [0.05, 0.1) is 22.8 Å². The summed E-state index contributed by atoms with van der Waals surface area (Å²) in [4.78, 5) is 28.9. The van der Waals surface area contributed by atoms with E-state index >= 15 is 0 Å². The first-order chi connectivity index (χ1) is 10.6. The van der Waals surface area contributed by atoms with Crippen LogP contribution in [-0.2, 0) is 11.3 Å². The third-order valence-electron chi connectivity index (χ3n) is 4.40. The number of hydrogen-bond donors (Lipinski definition) is 2. The van der Waals surface area contributed by atoms with Gasteiger partial charge in [-0.2, -0.15) is 0 Å². The molecule has 0 aliphatic heterocycles. The van der Waals surface area contributed by atoms with Crippen molar-refractivity contribution in [1.29, 1.82) is 0 Å². The predicted octanol–water partition coefficient (Wildman–Crippen LogP) is 1.21. The van der Waals surface area contributed by atoms with Crippen molar-refractivity contribution in [3.8, 4) is 0 Å². The lowest BCUT2D eigenvalue weighted by molar-refractivity contribution is -0.123. The molecule has 0 spiro atoms. The Balaban J connectivity index is 0.00000192. The van der Waals surface area contributed by atoms with Crippen LogP contribution in [0.1, 0.15) is 25.7 Å². The monoisotopic (exact) mass is 336 g/mol. The van der Waals surface area contributed by atoms with E-state index < -0.39 is 0 Å². The van der Waals surface area contributed by atoms with Gasteiger partial charge in [0.25, 0.3) is 5.56 Å². The molecule has 1 aliphatic carbocycles. The molecule has 0 radical (unpaired) electrons. The molecule has 6 nitrogen and oxygen atoms in total. The predicted molar refractivity (Wildman–Crippen MR) is 91.6 cm³/mol. The first kappa shape index (κ1) is 17.4. The van der Waals surface area contributed by atoms with E-state index in [9.17, 15) is 9.59 Å². The summed E-state index contributed by atoms with van der Waals surface area (Å²) >= 11 is 0. The Morgan fingerprint density at radius 2 is 2.00 bits per heavy atom. The number of fused-ring (bicyclic) bond motifs is 1. The van der Waals surface area contributed by atoms with Gasteiger partial charge in [0.1, 0.15) is 6.54 Å². The minimum absolute atomic E-state index is 0. The van der Waals surface area contributed by atoms with E-state index in [2.05, 4.69) is 10.3 Å². The molecular weight excluding hydrogens is 316 g/mol. The molecule has 3 rings (SSSR count). The zero-order chi connectivity index (χ0) is 15.6. The smallest absolute Gasteiger partial charge is 0.261 e. The van der Waals surface area contributed by atoms with Gasteiger partial charge in [-0.1, -0.05) is 25.0 Å². The molecule has 7 heteroatoms. The molecule has 0 unspecified atom stereocenters. The Labute approximate surface area is 140 Å². The molecule has 1 heterocycles. The summed E-state index contributed by atoms with van der Waals surface area (Å²) < 4.78 is 1.34. The molecule has 23 heavy (non-hydrogen) atoms. The number of nitrogens with two attached hydrogens (primary N) is 1. The number of amides is 1. The highest BCUT2D eigenvalue weighted by molar-refractivity contribution is 5.85. The quantitative estimate of drug-likeness (QED) is 0.878. The van der Waals surface area contributed by atoms with Gasteiger partial charge < -0.3 is 11.1 Å². The minimum Gasteiger partial charge on any atom is -0.348 e. The molecule has 2 aromatic rings. The average molecular weight is 337 g/mol. The first-order valence-electron chi connectivity index (χ1n) is 7.59. The van der Waals surface area contributed by atoms with E-state index in [4.69, 9.17) is 5.73 Å². The number of carbonyl (C=O) groups excluding carboxylic acids is 1. The maximum atomic E-state index is 12.4. The summed E-state index contributed by atoms with van der Waals surface area (Å²) in [7, 11) is 0. The van der Waals surface area contributed by atoms with E-state index in [0.29, 0.717) is 17.4 Å². The van der Waals surface area contributed by atoms with E-state index in [1.54, 1.807) is 18.2 Å². The van der Waals surface area contributed by atoms with Crippen LogP contribution >= 0.6 is 12.4 Å². The van der Waals surface area contributed by atoms with Gasteiger partial charge in [0.2, 0.25) is 5.91 Å². The summed E-state index contributed by atoms with van der Waals surface area (Å²) in [5.74, 6) is -0.188. The lowest BCUT2D eigenvalue weighted by atomic mass is 9.98. The number of aromatic nitrogens is 2. The lowest BCUT2D eigenvalue weighted by Crippen LogP contribution is -2.52. The van der Waals surface area contributed by atoms with Crippen molar-refractivity contribution >= 4 is 29.2 Å². The molecule has 1 aromatic heterocycles. The number of rotatable bonds is 4. The zero-order valence-electron chi connectivity index (χ0n) is 12.8. The fraction of sp³-hybridized carbons (Fsp3) is 0.438. The van der Waals surface area contributed by atoms with E-state index in [0.717, 1.165) is 25.7 Å². The summed E-state index contributed by atoms with van der Waals surface area (Å²) in [6.07, 6.45) is 5.39. The van der Waals surface area contributed by atoms with Crippen LogP contribution in [0.15, 0.2) is 35.4 Å². The summed E-state index contributed by atoms with van der Waals surface area (Å²) in [6, 6.07) is 7.12. The maximum Gasteiger partial charge on any atom is 0.261 e. The molecule has 1 aromatic carbocycles. The molecule has 0 bridgehead atoms. The van der Waals surface area contributed by atoms with Crippen molar-refractivity contribution in [2.75, 3.05) is 6.54 Å². The fourth-order valence-electron chi connectivity index (χ4n) is 3.14. The molecule has 3 N–H and O–H groups in total. The van der Waals surface area contributed by atoms with Gasteiger partial charge in [-0.3, -0.25) is 14.2 Å². The Morgan fingerprint density at radius 1 is 1.30 bits per heavy atom. The third kappa shape index (κ3) is 3.54. The van der Waals surface area contributed by atoms with Crippen LogP contribution in [0.3, 0.4) is 0 Å². The number of hydrogen-bond acceptors (Lipinski definition) is 4. The second-order valence-electron chi connectivity index (χ2n) is 5.93. The Kier molecular flexibility index (Phi) is 5.38. The van der Waals surface area contributed by atoms with Gasteiger partial charge in [-0.05, 0) is 25.0 Å². The third-order valence-corrected chi connectivity index (χ3v) is 4.40. The van der Waals surface area contributed by atoms with Crippen LogP contribution in [-0.4, -0.2) is 27.5 Å². The Morgan fingerprint density at radius 3 is 2.70 bits per heavy atom. The molecule has 0 atom stereocenters. The largest absolute Gasteiger partial charge is 0.348 e. The van der Waals surface area contributed by atoms with Crippen molar-refractivity contribution in [1.82, 2.24) is 14.9 Å². The van der Waals surface area contributed by atoms with Gasteiger partial charge >= 0.3 is 0 Å². The number of nitrogens with zero attached hydrogens (tertiary/aromatic N) is 2. The van der Waals surface area contributed by atoms with Crippen molar-refractivity contribution < 1.29 is 4.79 Å². The molecule has 1 aliphatic rings. The van der Waals surface area contributed by atoms with Crippen LogP contribution in [0, 0.1) is 0 Å². The van der Waals surface area contributed by atoms with Crippen molar-refractivity contribution in [3.05, 3.63) is 40.9 Å². The average Bonchev–Trinajstić information content (AvgIpc) is 2.99. The van der Waals surface area contributed by atoms with Crippen LogP contribution < -0.4 is 16.6 Å². The number of para-hydroxylation sites is 1. The molecule has 1 amide bonds. The molecular formula is C16H21ClN4O2. The Bertz CT molecular complexity index is 753. The summed E-state index contributed by atoms with van der Waals surface area (Å²) in [5, 5.41) is 3.53. The van der Waals surface area contributed by atoms with E-state index in [1.165, 1.54) is 10.9 Å². The fourth-order valence-corrected chi connectivity index (χ4v) is 3.14. The van der Waals surface area contributed by atoms with Crippen LogP contribution in [0.2, 0.25) is 0 Å². The summed E-state index contributed by atoms with van der Waals surface area (Å²) in [5.41, 5.74) is 5.96. The van der Waals surface area contributed by atoms with Crippen LogP contribution in [0.25, 0.3) is 10.9 Å². The maximum absolute atomic E-state index is 12.4. The molecule has 1 saturated carbocycles. The number of benzene rings is 1. The summed E-state index contributed by atoms with van der Waals surface area (Å²) in [6.45, 7) is 0.405. The zero-order valence-corrected chi connectivity index (χ0v) is 13.6. The standard InChI is InChI=1S/C16H20N4O2.ClH/c17-10-16(7-3-4-8-16)19-14(21)9-20-11-18-13-6-2-1-5-12(13)15(20)22;/h1-2,5-6,11H,3-4,7-10,17H2,(H,19,21);1H. The van der Waals surface area contributed by atoms with Gasteiger partial charge in [-0.15, -0.1) is 12.4 Å². The van der Waals surface area contributed by atoms with Crippen molar-refractivity contribution in [3.63, 3.8) is 0 Å². The van der Waals surface area contributed by atoms with E-state index in [1.807, 2.05) is 6.07 Å². The van der Waals surface area contributed by atoms with E-state index in [-0.39, 0.29) is 36.0 Å². The molecule has 0 saturated heterocycles. The highest BCUT2D eigenvalue weighted by Crippen LogP contribution is 2.28. The number of nitrogens with one attached hydrogen (secondary N) is 1. The SMILES string of the molecule is Cl.NCC1(NC(=O)Cn2cnc3ccccc3c2=O)CCCC1. The highest BCUT2D eigenvalue weighted by Gasteiger charge is 2.33. The van der Waals surface area contributed by atoms with Crippen molar-refractivity contribution in [2.24, 2.45) is 5.73 Å². The number of halogens is 1.